The Balaban J connectivity index is 1.83. The highest BCUT2D eigenvalue weighted by Gasteiger charge is 2.40. The van der Waals surface area contributed by atoms with E-state index in [1.807, 2.05) is 30.3 Å². The van der Waals surface area contributed by atoms with Crippen molar-refractivity contribution in [1.82, 2.24) is 0 Å². The Kier molecular flexibility index (Phi) is 4.79. The lowest BCUT2D eigenvalue weighted by atomic mass is 10.1. The van der Waals surface area contributed by atoms with Crippen LogP contribution < -0.4 is 4.90 Å². The molecule has 3 nitrogen and oxygen atoms in total. The first-order chi connectivity index (χ1) is 13.5. The van der Waals surface area contributed by atoms with Crippen molar-refractivity contribution < 1.29 is 18.4 Å². The zero-order valence-electron chi connectivity index (χ0n) is 14.4. The smallest absolute Gasteiger partial charge is 0.268 e. The molecular formula is C22H13F2NO2S. The molecule has 28 heavy (non-hydrogen) atoms. The van der Waals surface area contributed by atoms with E-state index in [-0.39, 0.29) is 16.2 Å². The Morgan fingerprint density at radius 3 is 2.11 bits per heavy atom. The van der Waals surface area contributed by atoms with Crippen LogP contribution in [0.1, 0.15) is 5.56 Å². The number of hydrogen-bond donors (Lipinski definition) is 0. The summed E-state index contributed by atoms with van der Waals surface area (Å²) in [5.74, 6) is -2.10. The average Bonchev–Trinajstić information content (AvgIpc) is 2.93. The highest BCUT2D eigenvalue weighted by Crippen LogP contribution is 2.41. The van der Waals surface area contributed by atoms with Crippen molar-refractivity contribution in [1.29, 1.82) is 0 Å². The Hall–Kier alpha value is -3.25. The highest BCUT2D eigenvalue weighted by atomic mass is 32.2. The number of imide groups is 1. The molecule has 0 unspecified atom stereocenters. The van der Waals surface area contributed by atoms with Crippen molar-refractivity contribution in [2.45, 2.75) is 4.90 Å². The standard InChI is InChI=1S/C22H13F2NO2S/c23-15-11-9-14(10-12-15)19-20(28-18-7-2-1-3-8-18)22(27)25(21(19)26)17-6-4-5-16(24)13-17/h1-13H. The maximum absolute atomic E-state index is 13.7. The van der Waals surface area contributed by atoms with Crippen LogP contribution in [-0.2, 0) is 9.59 Å². The van der Waals surface area contributed by atoms with E-state index in [1.54, 1.807) is 0 Å². The Labute approximate surface area is 164 Å². The highest BCUT2D eigenvalue weighted by molar-refractivity contribution is 8.04. The van der Waals surface area contributed by atoms with Gasteiger partial charge in [0.15, 0.2) is 0 Å². The van der Waals surface area contributed by atoms with Crippen LogP contribution in [0.3, 0.4) is 0 Å². The molecule has 0 bridgehead atoms. The van der Waals surface area contributed by atoms with Gasteiger partial charge in [-0.15, -0.1) is 0 Å². The largest absolute Gasteiger partial charge is 0.272 e. The molecule has 1 aliphatic heterocycles. The number of benzene rings is 3. The number of anilines is 1. The third-order valence-corrected chi connectivity index (χ3v) is 5.29. The second-order valence-corrected chi connectivity index (χ2v) is 7.14. The third kappa shape index (κ3) is 3.34. The van der Waals surface area contributed by atoms with Crippen molar-refractivity contribution in [2.24, 2.45) is 0 Å². The maximum Gasteiger partial charge on any atom is 0.272 e. The predicted octanol–water partition coefficient (Wildman–Crippen LogP) is 5.04. The van der Waals surface area contributed by atoms with E-state index in [0.29, 0.717) is 5.56 Å². The average molecular weight is 393 g/mol. The van der Waals surface area contributed by atoms with Crippen molar-refractivity contribution in [3.05, 3.63) is 101 Å². The van der Waals surface area contributed by atoms with E-state index in [2.05, 4.69) is 0 Å². The van der Waals surface area contributed by atoms with E-state index >= 15 is 0 Å². The minimum absolute atomic E-state index is 0.151. The molecule has 6 heteroatoms. The number of carbonyl (C=O) groups is 2. The molecule has 0 radical (unpaired) electrons. The number of amides is 2. The van der Waals surface area contributed by atoms with Crippen LogP contribution in [0, 0.1) is 11.6 Å². The van der Waals surface area contributed by atoms with Gasteiger partial charge >= 0.3 is 0 Å². The third-order valence-electron chi connectivity index (χ3n) is 4.20. The van der Waals surface area contributed by atoms with Crippen LogP contribution >= 0.6 is 11.8 Å². The van der Waals surface area contributed by atoms with Crippen LogP contribution in [0.25, 0.3) is 5.57 Å². The summed E-state index contributed by atoms with van der Waals surface area (Å²) in [7, 11) is 0. The van der Waals surface area contributed by atoms with Gasteiger partial charge < -0.3 is 0 Å². The van der Waals surface area contributed by atoms with E-state index in [4.69, 9.17) is 0 Å². The first-order valence-corrected chi connectivity index (χ1v) is 9.24. The fourth-order valence-electron chi connectivity index (χ4n) is 2.93. The molecule has 0 aromatic heterocycles. The van der Waals surface area contributed by atoms with Gasteiger partial charge in [0.1, 0.15) is 11.6 Å². The Bertz CT molecular complexity index is 1100. The normalized spacial score (nSPS) is 14.1. The molecule has 2 amide bonds. The van der Waals surface area contributed by atoms with E-state index in [1.165, 1.54) is 42.5 Å². The van der Waals surface area contributed by atoms with Gasteiger partial charge in [-0.2, -0.15) is 0 Å². The van der Waals surface area contributed by atoms with Gasteiger partial charge in [-0.25, -0.2) is 13.7 Å². The van der Waals surface area contributed by atoms with Crippen molar-refractivity contribution >= 4 is 34.8 Å². The van der Waals surface area contributed by atoms with Gasteiger partial charge in [0.05, 0.1) is 16.2 Å². The summed E-state index contributed by atoms with van der Waals surface area (Å²) < 4.78 is 27.0. The molecule has 0 saturated heterocycles. The monoisotopic (exact) mass is 393 g/mol. The van der Waals surface area contributed by atoms with Crippen LogP contribution in [0.15, 0.2) is 88.7 Å². The van der Waals surface area contributed by atoms with Crippen molar-refractivity contribution in [2.75, 3.05) is 4.90 Å². The maximum atomic E-state index is 13.7. The Morgan fingerprint density at radius 1 is 0.714 bits per heavy atom. The molecule has 3 aromatic rings. The second kappa shape index (κ2) is 7.40. The second-order valence-electron chi connectivity index (χ2n) is 6.05. The van der Waals surface area contributed by atoms with Gasteiger partial charge in [-0.3, -0.25) is 9.59 Å². The van der Waals surface area contributed by atoms with Crippen LogP contribution in [-0.4, -0.2) is 11.8 Å². The lowest BCUT2D eigenvalue weighted by Crippen LogP contribution is -2.31. The lowest BCUT2D eigenvalue weighted by Gasteiger charge is -2.15. The molecular weight excluding hydrogens is 380 g/mol. The Morgan fingerprint density at radius 2 is 1.43 bits per heavy atom. The lowest BCUT2D eigenvalue weighted by molar-refractivity contribution is -0.119. The zero-order valence-corrected chi connectivity index (χ0v) is 15.2. The van der Waals surface area contributed by atoms with Gasteiger partial charge in [0.2, 0.25) is 0 Å². The molecule has 138 valence electrons. The molecule has 3 aromatic carbocycles. The number of rotatable bonds is 4. The first-order valence-electron chi connectivity index (χ1n) is 8.42. The molecule has 1 aliphatic rings. The van der Waals surface area contributed by atoms with Crippen LogP contribution in [0.4, 0.5) is 14.5 Å². The summed E-state index contributed by atoms with van der Waals surface area (Å²) in [5.41, 5.74) is 0.749. The topological polar surface area (TPSA) is 37.4 Å². The fourth-order valence-corrected chi connectivity index (χ4v) is 3.95. The number of carbonyl (C=O) groups excluding carboxylic acids is 2. The van der Waals surface area contributed by atoms with Crippen LogP contribution in [0.5, 0.6) is 0 Å². The summed E-state index contributed by atoms with van der Waals surface area (Å²) in [6, 6.07) is 19.8. The molecule has 0 fully saturated rings. The van der Waals surface area contributed by atoms with Gasteiger partial charge in [0, 0.05) is 4.90 Å². The SMILES string of the molecule is O=C1C(Sc2ccccc2)=C(c2ccc(F)cc2)C(=O)N1c1cccc(F)c1. The number of halogens is 2. The van der Waals surface area contributed by atoms with Gasteiger partial charge in [-0.05, 0) is 48.0 Å². The summed E-state index contributed by atoms with van der Waals surface area (Å²) in [4.78, 5) is 28.2. The minimum Gasteiger partial charge on any atom is -0.268 e. The quantitative estimate of drug-likeness (QED) is 0.583. The summed E-state index contributed by atoms with van der Waals surface area (Å²) in [5, 5.41) is 0. The van der Waals surface area contributed by atoms with Crippen LogP contribution in [0.2, 0.25) is 0 Å². The molecule has 0 aliphatic carbocycles. The van der Waals surface area contributed by atoms with Gasteiger partial charge in [-0.1, -0.05) is 48.2 Å². The molecule has 0 spiro atoms. The predicted molar refractivity (Wildman–Crippen MR) is 105 cm³/mol. The summed E-state index contributed by atoms with van der Waals surface area (Å²) in [6.07, 6.45) is 0. The molecule has 1 heterocycles. The molecule has 0 atom stereocenters. The van der Waals surface area contributed by atoms with Crippen molar-refractivity contribution in [3.63, 3.8) is 0 Å². The van der Waals surface area contributed by atoms with E-state index in [0.717, 1.165) is 27.6 Å². The van der Waals surface area contributed by atoms with Crippen molar-refractivity contribution in [3.8, 4) is 0 Å². The minimum atomic E-state index is -0.569. The first kappa shape index (κ1) is 18.1. The summed E-state index contributed by atoms with van der Waals surface area (Å²) >= 11 is 1.15. The zero-order chi connectivity index (χ0) is 19.7. The number of nitrogens with zero attached hydrogens (tertiary/aromatic N) is 1. The molecule has 0 saturated carbocycles. The fraction of sp³-hybridized carbons (Fsp3) is 0. The number of hydrogen-bond acceptors (Lipinski definition) is 3. The molecule has 0 N–H and O–H groups in total. The van der Waals surface area contributed by atoms with Gasteiger partial charge in [0.25, 0.3) is 11.8 Å². The van der Waals surface area contributed by atoms with E-state index in [9.17, 15) is 18.4 Å². The van der Waals surface area contributed by atoms with E-state index < -0.39 is 23.4 Å². The summed E-state index contributed by atoms with van der Waals surface area (Å²) in [6.45, 7) is 0. The number of thioether (sulfide) groups is 1. The molecule has 4 rings (SSSR count).